The molecular formula is C30H27ClF4N8O3. The van der Waals surface area contributed by atoms with Crippen molar-refractivity contribution in [2.24, 2.45) is 0 Å². The summed E-state index contributed by atoms with van der Waals surface area (Å²) in [6.07, 6.45) is 0.365. The fourth-order valence-corrected chi connectivity index (χ4v) is 5.60. The Morgan fingerprint density at radius 1 is 1.00 bits per heavy atom. The highest BCUT2D eigenvalue weighted by Gasteiger charge is 2.38. The molecule has 2 aliphatic heterocycles. The Balaban J connectivity index is 1.03. The van der Waals surface area contributed by atoms with Crippen LogP contribution in [0.15, 0.2) is 47.2 Å². The van der Waals surface area contributed by atoms with Crippen molar-refractivity contribution >= 4 is 22.6 Å². The molecule has 1 unspecified atom stereocenters. The monoisotopic (exact) mass is 658 g/mol. The van der Waals surface area contributed by atoms with E-state index in [0.29, 0.717) is 68.4 Å². The summed E-state index contributed by atoms with van der Waals surface area (Å²) >= 11 is 5.97. The lowest BCUT2D eigenvalue weighted by molar-refractivity contribution is -0.159. The van der Waals surface area contributed by atoms with E-state index >= 15 is 0 Å². The molecule has 46 heavy (non-hydrogen) atoms. The molecule has 0 aliphatic carbocycles. The van der Waals surface area contributed by atoms with Crippen molar-refractivity contribution in [2.75, 3.05) is 19.7 Å². The predicted octanol–water partition coefficient (Wildman–Crippen LogP) is 5.51. The van der Waals surface area contributed by atoms with Gasteiger partial charge < -0.3 is 18.6 Å². The highest BCUT2D eigenvalue weighted by molar-refractivity contribution is 6.30. The summed E-state index contributed by atoms with van der Waals surface area (Å²) in [7, 11) is 0. The molecule has 0 bridgehead atoms. The number of ether oxygens (including phenoxy) is 2. The van der Waals surface area contributed by atoms with E-state index in [1.807, 2.05) is 16.7 Å². The normalized spacial score (nSPS) is 17.8. The van der Waals surface area contributed by atoms with Gasteiger partial charge in [0.1, 0.15) is 23.4 Å². The third-order valence-electron chi connectivity index (χ3n) is 8.01. The van der Waals surface area contributed by atoms with Gasteiger partial charge in [-0.05, 0) is 43.0 Å². The first-order valence-corrected chi connectivity index (χ1v) is 15.1. The van der Waals surface area contributed by atoms with Gasteiger partial charge in [0.05, 0.1) is 42.6 Å². The second-order valence-electron chi connectivity index (χ2n) is 11.2. The van der Waals surface area contributed by atoms with Gasteiger partial charge in [-0.15, -0.1) is 0 Å². The van der Waals surface area contributed by atoms with Crippen molar-refractivity contribution in [3.63, 3.8) is 0 Å². The Morgan fingerprint density at radius 3 is 2.48 bits per heavy atom. The van der Waals surface area contributed by atoms with Crippen LogP contribution in [0, 0.1) is 5.82 Å². The number of aromatic nitrogens is 7. The molecule has 0 radical (unpaired) electrons. The van der Waals surface area contributed by atoms with Crippen molar-refractivity contribution in [2.45, 2.75) is 57.2 Å². The van der Waals surface area contributed by atoms with Gasteiger partial charge in [-0.1, -0.05) is 28.9 Å². The summed E-state index contributed by atoms with van der Waals surface area (Å²) in [4.78, 5) is 23.2. The molecule has 16 heteroatoms. The third kappa shape index (κ3) is 6.66. The molecule has 0 spiro atoms. The van der Waals surface area contributed by atoms with Crippen LogP contribution in [0.25, 0.3) is 22.6 Å². The summed E-state index contributed by atoms with van der Waals surface area (Å²) < 4.78 is 71.6. The highest BCUT2D eigenvalue weighted by Crippen LogP contribution is 2.30. The molecule has 240 valence electrons. The number of hydrogen-bond donors (Lipinski definition) is 0. The van der Waals surface area contributed by atoms with Gasteiger partial charge >= 0.3 is 12.1 Å². The molecule has 0 amide bonds. The van der Waals surface area contributed by atoms with Crippen molar-refractivity contribution < 1.29 is 31.6 Å². The molecule has 7 rings (SSSR count). The number of alkyl halides is 3. The van der Waals surface area contributed by atoms with E-state index in [4.69, 9.17) is 26.1 Å². The smallest absolute Gasteiger partial charge is 0.471 e. The zero-order chi connectivity index (χ0) is 31.8. The van der Waals surface area contributed by atoms with E-state index in [1.165, 1.54) is 0 Å². The summed E-state index contributed by atoms with van der Waals surface area (Å²) in [5.41, 5.74) is 2.34. The van der Waals surface area contributed by atoms with Crippen molar-refractivity contribution in [3.8, 4) is 17.4 Å². The van der Waals surface area contributed by atoms with Gasteiger partial charge in [0.2, 0.25) is 11.6 Å². The topological polar surface area (TPSA) is 117 Å². The van der Waals surface area contributed by atoms with Gasteiger partial charge in [0, 0.05) is 31.1 Å². The molecule has 5 aromatic rings. The number of piperidine rings is 1. The molecule has 2 fully saturated rings. The summed E-state index contributed by atoms with van der Waals surface area (Å²) in [5.74, 6) is -1.17. The van der Waals surface area contributed by atoms with Gasteiger partial charge in [0.15, 0.2) is 0 Å². The van der Waals surface area contributed by atoms with E-state index in [-0.39, 0.29) is 29.6 Å². The number of likely N-dealkylation sites (tertiary alicyclic amines) is 1. The molecule has 11 nitrogen and oxygen atoms in total. The van der Waals surface area contributed by atoms with Crippen LogP contribution in [0.5, 0.6) is 5.88 Å². The number of pyridine rings is 1. The fourth-order valence-electron chi connectivity index (χ4n) is 5.48. The molecule has 4 aromatic heterocycles. The van der Waals surface area contributed by atoms with E-state index in [0.717, 1.165) is 29.5 Å². The van der Waals surface area contributed by atoms with Gasteiger partial charge in [-0.2, -0.15) is 27.5 Å². The molecule has 1 aromatic carbocycles. The first kappa shape index (κ1) is 30.4. The number of halogens is 5. The van der Waals surface area contributed by atoms with Gasteiger partial charge in [-0.3, -0.25) is 9.88 Å². The average Bonchev–Trinajstić information content (AvgIpc) is 3.64. The van der Waals surface area contributed by atoms with E-state index in [2.05, 4.69) is 34.5 Å². The first-order chi connectivity index (χ1) is 22.2. The van der Waals surface area contributed by atoms with Crippen LogP contribution in [0.2, 0.25) is 5.02 Å². The second kappa shape index (κ2) is 12.5. The molecule has 6 heterocycles. The third-order valence-corrected chi connectivity index (χ3v) is 8.26. The maximum atomic E-state index is 14.6. The largest absolute Gasteiger partial charge is 0.472 e. The predicted molar refractivity (Wildman–Crippen MR) is 155 cm³/mol. The Morgan fingerprint density at radius 2 is 1.78 bits per heavy atom. The SMILES string of the molecule is Fc1cnc(Cc2ccc(Cl)cc2)nc1OC1CCN(Cc2nc3cc(-c4noc(C(F)(F)F)n4)ncc3n2CC2CCO2)CC1. The summed E-state index contributed by atoms with van der Waals surface area (Å²) in [5, 5.41) is 4.07. The second-order valence-corrected chi connectivity index (χ2v) is 11.7. The zero-order valence-corrected chi connectivity index (χ0v) is 25.0. The molecular weight excluding hydrogens is 632 g/mol. The van der Waals surface area contributed by atoms with Crippen molar-refractivity contribution in [1.29, 1.82) is 0 Å². The van der Waals surface area contributed by atoms with Gasteiger partial charge in [-0.25, -0.2) is 9.97 Å². The highest BCUT2D eigenvalue weighted by atomic mass is 35.5. The quantitative estimate of drug-likeness (QED) is 0.188. The van der Waals surface area contributed by atoms with Crippen LogP contribution in [0.4, 0.5) is 17.6 Å². The number of imidazole rings is 1. The summed E-state index contributed by atoms with van der Waals surface area (Å²) in [6, 6.07) is 8.86. The average molecular weight is 659 g/mol. The van der Waals surface area contributed by atoms with Crippen molar-refractivity contribution in [1.82, 2.24) is 39.5 Å². The van der Waals surface area contributed by atoms with Crippen LogP contribution >= 0.6 is 11.6 Å². The van der Waals surface area contributed by atoms with E-state index in [9.17, 15) is 17.6 Å². The lowest BCUT2D eigenvalue weighted by Gasteiger charge is -2.32. The molecule has 1 atom stereocenters. The minimum atomic E-state index is -4.75. The maximum Gasteiger partial charge on any atom is 0.471 e. The van der Waals surface area contributed by atoms with Crippen LogP contribution in [-0.2, 0) is 30.4 Å². The maximum absolute atomic E-state index is 14.6. The number of benzene rings is 1. The van der Waals surface area contributed by atoms with Crippen LogP contribution < -0.4 is 4.74 Å². The molecule has 0 saturated carbocycles. The Bertz CT molecular complexity index is 1840. The summed E-state index contributed by atoms with van der Waals surface area (Å²) in [6.45, 7) is 3.11. The van der Waals surface area contributed by atoms with Crippen LogP contribution in [0.1, 0.15) is 42.4 Å². The minimum Gasteiger partial charge on any atom is -0.472 e. The van der Waals surface area contributed by atoms with Gasteiger partial charge in [0.25, 0.3) is 5.88 Å². The Labute approximate surface area is 264 Å². The van der Waals surface area contributed by atoms with E-state index < -0.39 is 17.9 Å². The van der Waals surface area contributed by atoms with Crippen LogP contribution in [0.3, 0.4) is 0 Å². The molecule has 0 N–H and O–H groups in total. The standard InChI is InChI=1S/C30H27ClF4N8O3/c31-18-3-1-17(2-4-18)11-25-37-13-21(32)28(39-25)45-19-5-8-42(9-6-19)16-26-38-22-12-23(27-40-29(46-41-27)30(33,34)35)36-14-24(22)43(26)15-20-7-10-44-20/h1-4,12-14,19-20H,5-11,15-16H2. The first-order valence-electron chi connectivity index (χ1n) is 14.7. The van der Waals surface area contributed by atoms with E-state index in [1.54, 1.807) is 24.4 Å². The fraction of sp³-hybridized carbons (Fsp3) is 0.400. The lowest BCUT2D eigenvalue weighted by Crippen LogP contribution is -2.39. The Kier molecular flexibility index (Phi) is 8.29. The molecule has 2 aliphatic rings. The zero-order valence-electron chi connectivity index (χ0n) is 24.3. The lowest BCUT2D eigenvalue weighted by atomic mass is 10.1. The van der Waals surface area contributed by atoms with Crippen LogP contribution in [-0.4, -0.2) is 71.4 Å². The number of hydrogen-bond acceptors (Lipinski definition) is 10. The number of fused-ring (bicyclic) bond motifs is 1. The molecule has 2 saturated heterocycles. The minimum absolute atomic E-state index is 0.0360. The number of nitrogens with zero attached hydrogens (tertiary/aromatic N) is 8. The Hall–Kier alpha value is -4.21. The van der Waals surface area contributed by atoms with Crippen molar-refractivity contribution in [3.05, 3.63) is 76.7 Å². The number of rotatable bonds is 9.